The van der Waals surface area contributed by atoms with E-state index < -0.39 is 0 Å². The van der Waals surface area contributed by atoms with E-state index in [1.54, 1.807) is 0 Å². The summed E-state index contributed by atoms with van der Waals surface area (Å²) in [6.45, 7) is 1.58. The van der Waals surface area contributed by atoms with Crippen LogP contribution in [0.3, 0.4) is 0 Å². The Morgan fingerprint density at radius 2 is 2.00 bits per heavy atom. The van der Waals surface area contributed by atoms with Crippen molar-refractivity contribution in [2.24, 2.45) is 0 Å². The van der Waals surface area contributed by atoms with Gasteiger partial charge in [-0.15, -0.1) is 5.10 Å². The highest BCUT2D eigenvalue weighted by atomic mass is 79.9. The van der Waals surface area contributed by atoms with Crippen LogP contribution in [-0.2, 0) is 11.2 Å². The van der Waals surface area contributed by atoms with Crippen molar-refractivity contribution in [1.82, 2.24) is 19.9 Å². The minimum Gasteiger partial charge on any atom is -0.340 e. The Labute approximate surface area is 150 Å². The molecule has 1 aromatic heterocycles. The summed E-state index contributed by atoms with van der Waals surface area (Å²) in [5.41, 5.74) is 2.32. The lowest BCUT2D eigenvalue weighted by Crippen LogP contribution is -2.29. The fourth-order valence-electron chi connectivity index (χ4n) is 3.28. The van der Waals surface area contributed by atoms with E-state index in [9.17, 15) is 4.79 Å². The number of amides is 1. The first-order valence-corrected chi connectivity index (χ1v) is 9.42. The number of aryl methyl sites for hydroxylation is 1. The third-order valence-corrected chi connectivity index (χ3v) is 5.48. The van der Waals surface area contributed by atoms with Crippen molar-refractivity contribution in [2.75, 3.05) is 13.1 Å². The molecular weight excluding hydrogens is 368 g/mol. The number of carbonyl (C=O) groups is 1. The third-order valence-electron chi connectivity index (χ3n) is 4.95. The molecule has 126 valence electrons. The third kappa shape index (κ3) is 3.53. The van der Waals surface area contributed by atoms with Crippen LogP contribution in [0.15, 0.2) is 34.9 Å². The number of hydrogen-bond donors (Lipinski definition) is 0. The predicted octanol–water partition coefficient (Wildman–Crippen LogP) is 3.32. The number of benzene rings is 1. The molecule has 1 unspecified atom stereocenters. The zero-order valence-electron chi connectivity index (χ0n) is 13.6. The summed E-state index contributed by atoms with van der Waals surface area (Å²) in [5.74, 6) is 0.867. The van der Waals surface area contributed by atoms with E-state index in [2.05, 4.69) is 44.6 Å². The Bertz CT molecular complexity index is 723. The molecular formula is C18H21BrN4O. The van der Waals surface area contributed by atoms with Gasteiger partial charge in [0.15, 0.2) is 0 Å². The molecule has 24 heavy (non-hydrogen) atoms. The minimum absolute atomic E-state index is 0.239. The molecule has 1 saturated heterocycles. The average Bonchev–Trinajstić information content (AvgIpc) is 3.12. The van der Waals surface area contributed by atoms with Crippen LogP contribution in [-0.4, -0.2) is 38.9 Å². The zero-order valence-corrected chi connectivity index (χ0v) is 15.2. The quantitative estimate of drug-likeness (QED) is 0.789. The molecule has 2 aliphatic rings. The van der Waals surface area contributed by atoms with E-state index in [0.29, 0.717) is 12.3 Å². The van der Waals surface area contributed by atoms with Crippen molar-refractivity contribution in [1.29, 1.82) is 0 Å². The Morgan fingerprint density at radius 3 is 2.75 bits per heavy atom. The van der Waals surface area contributed by atoms with Crippen LogP contribution in [0.4, 0.5) is 0 Å². The highest BCUT2D eigenvalue weighted by Gasteiger charge is 2.30. The molecule has 1 saturated carbocycles. The molecule has 0 bridgehead atoms. The lowest BCUT2D eigenvalue weighted by molar-refractivity contribution is -0.130. The van der Waals surface area contributed by atoms with Gasteiger partial charge in [0.25, 0.3) is 0 Å². The van der Waals surface area contributed by atoms with Crippen molar-refractivity contribution in [3.63, 3.8) is 0 Å². The number of likely N-dealkylation sites (tertiary alicyclic amines) is 1. The molecule has 0 spiro atoms. The monoisotopic (exact) mass is 388 g/mol. The van der Waals surface area contributed by atoms with Crippen LogP contribution in [0.25, 0.3) is 0 Å². The molecule has 1 aromatic carbocycles. The lowest BCUT2D eigenvalue weighted by atomic mass is 10.1. The largest absolute Gasteiger partial charge is 0.340 e. The van der Waals surface area contributed by atoms with Gasteiger partial charge in [-0.1, -0.05) is 33.3 Å². The van der Waals surface area contributed by atoms with Crippen LogP contribution in [0.2, 0.25) is 0 Å². The van der Waals surface area contributed by atoms with Gasteiger partial charge in [0.05, 0.1) is 11.7 Å². The van der Waals surface area contributed by atoms with E-state index in [4.69, 9.17) is 0 Å². The van der Waals surface area contributed by atoms with Crippen LogP contribution in [0.5, 0.6) is 0 Å². The second-order valence-electron chi connectivity index (χ2n) is 6.81. The zero-order chi connectivity index (χ0) is 16.5. The van der Waals surface area contributed by atoms with Gasteiger partial charge in [0.2, 0.25) is 5.91 Å². The lowest BCUT2D eigenvalue weighted by Gasteiger charge is -2.16. The number of halogens is 1. The van der Waals surface area contributed by atoms with Gasteiger partial charge in [0.1, 0.15) is 0 Å². The normalized spacial score (nSPS) is 20.5. The maximum absolute atomic E-state index is 12.5. The molecule has 4 rings (SSSR count). The molecule has 1 amide bonds. The van der Waals surface area contributed by atoms with Gasteiger partial charge >= 0.3 is 0 Å². The topological polar surface area (TPSA) is 51.0 Å². The number of nitrogens with zero attached hydrogens (tertiary/aromatic N) is 4. The second kappa shape index (κ2) is 6.67. The molecule has 2 aromatic rings. The summed E-state index contributed by atoms with van der Waals surface area (Å²) in [7, 11) is 0. The molecule has 6 heteroatoms. The molecule has 1 aliphatic heterocycles. The van der Waals surface area contributed by atoms with Gasteiger partial charge in [-0.3, -0.25) is 4.79 Å². The first kappa shape index (κ1) is 15.8. The van der Waals surface area contributed by atoms with Crippen LogP contribution in [0.1, 0.15) is 48.9 Å². The second-order valence-corrected chi connectivity index (χ2v) is 7.72. The highest BCUT2D eigenvalue weighted by Crippen LogP contribution is 2.39. The van der Waals surface area contributed by atoms with Gasteiger partial charge in [-0.2, -0.15) is 0 Å². The smallest absolute Gasteiger partial charge is 0.222 e. The predicted molar refractivity (Wildman–Crippen MR) is 94.7 cm³/mol. The summed E-state index contributed by atoms with van der Waals surface area (Å²) in [6.07, 6.45) is 6.89. The number of carbonyl (C=O) groups excluding carboxylic acids is 1. The fourth-order valence-corrected chi connectivity index (χ4v) is 3.54. The fraction of sp³-hybridized carbons (Fsp3) is 0.500. The van der Waals surface area contributed by atoms with Crippen molar-refractivity contribution in [3.8, 4) is 0 Å². The highest BCUT2D eigenvalue weighted by molar-refractivity contribution is 9.10. The van der Waals surface area contributed by atoms with Crippen LogP contribution in [0, 0.1) is 0 Å². The first-order valence-electron chi connectivity index (χ1n) is 8.63. The Kier molecular flexibility index (Phi) is 4.39. The number of rotatable bonds is 5. The van der Waals surface area contributed by atoms with E-state index in [1.807, 2.05) is 21.7 Å². The van der Waals surface area contributed by atoms with Crippen molar-refractivity contribution in [2.45, 2.75) is 44.1 Å². The molecule has 1 atom stereocenters. The summed E-state index contributed by atoms with van der Waals surface area (Å²) in [4.78, 5) is 14.4. The summed E-state index contributed by atoms with van der Waals surface area (Å²) < 4.78 is 3.04. The van der Waals surface area contributed by atoms with Gasteiger partial charge < -0.3 is 4.90 Å². The SMILES string of the molecule is O=C(CCc1ccc(Br)cc1)N1CCC(n2cc(C3CC3)nn2)C1. The standard InChI is InChI=1S/C18H21BrN4O/c19-15-6-1-13(2-7-15)3-8-18(24)22-10-9-16(11-22)23-12-17(20-21-23)14-4-5-14/h1-2,6-7,12,14,16H,3-5,8-11H2. The van der Waals surface area contributed by atoms with Crippen molar-refractivity contribution in [3.05, 3.63) is 46.2 Å². The van der Waals surface area contributed by atoms with Gasteiger partial charge in [0, 0.05) is 36.1 Å². The molecule has 0 N–H and O–H groups in total. The van der Waals surface area contributed by atoms with Crippen molar-refractivity contribution >= 4 is 21.8 Å². The summed E-state index contributed by atoms with van der Waals surface area (Å²) >= 11 is 3.43. The minimum atomic E-state index is 0.239. The van der Waals surface area contributed by atoms with Crippen LogP contribution >= 0.6 is 15.9 Å². The van der Waals surface area contributed by atoms with E-state index in [0.717, 1.165) is 36.1 Å². The van der Waals surface area contributed by atoms with Crippen LogP contribution < -0.4 is 0 Å². The maximum atomic E-state index is 12.5. The Morgan fingerprint density at radius 1 is 1.21 bits per heavy atom. The Hall–Kier alpha value is -1.69. The molecule has 1 aliphatic carbocycles. The number of aromatic nitrogens is 3. The van der Waals surface area contributed by atoms with E-state index >= 15 is 0 Å². The van der Waals surface area contributed by atoms with Gasteiger partial charge in [-0.05, 0) is 43.4 Å². The summed E-state index contributed by atoms with van der Waals surface area (Å²) in [6, 6.07) is 8.46. The summed E-state index contributed by atoms with van der Waals surface area (Å²) in [5, 5.41) is 8.56. The van der Waals surface area contributed by atoms with Crippen molar-refractivity contribution < 1.29 is 4.79 Å². The molecule has 2 fully saturated rings. The number of hydrogen-bond acceptors (Lipinski definition) is 3. The first-order chi connectivity index (χ1) is 11.7. The average molecular weight is 389 g/mol. The molecule has 0 radical (unpaired) electrons. The van der Waals surface area contributed by atoms with E-state index in [1.165, 1.54) is 18.4 Å². The van der Waals surface area contributed by atoms with Gasteiger partial charge in [-0.25, -0.2) is 4.68 Å². The molecule has 2 heterocycles. The molecule has 5 nitrogen and oxygen atoms in total. The Balaban J connectivity index is 1.30. The van der Waals surface area contributed by atoms with E-state index in [-0.39, 0.29) is 11.9 Å². The maximum Gasteiger partial charge on any atom is 0.222 e.